The van der Waals surface area contributed by atoms with Crippen molar-refractivity contribution in [1.29, 1.82) is 0 Å². The van der Waals surface area contributed by atoms with Crippen LogP contribution in [0.15, 0.2) is 24.3 Å². The number of para-hydroxylation sites is 1. The van der Waals surface area contributed by atoms with Gasteiger partial charge in [0.1, 0.15) is 5.82 Å². The van der Waals surface area contributed by atoms with E-state index in [2.05, 4.69) is 9.88 Å². The average molecular weight is 261 g/mol. The van der Waals surface area contributed by atoms with Gasteiger partial charge in [0, 0.05) is 18.5 Å². The molecule has 0 atom stereocenters. The van der Waals surface area contributed by atoms with E-state index >= 15 is 0 Å². The summed E-state index contributed by atoms with van der Waals surface area (Å²) in [6, 6.07) is 7.49. The molecule has 0 saturated carbocycles. The van der Waals surface area contributed by atoms with Gasteiger partial charge in [0.05, 0.1) is 16.1 Å². The summed E-state index contributed by atoms with van der Waals surface area (Å²) in [6.07, 6.45) is 3.18. The summed E-state index contributed by atoms with van der Waals surface area (Å²) in [5, 5.41) is 1.54. The number of hydrogen-bond acceptors (Lipinski definition) is 3. The molecule has 1 aliphatic heterocycles. The van der Waals surface area contributed by atoms with E-state index in [1.807, 2.05) is 24.3 Å². The van der Waals surface area contributed by atoms with Crippen molar-refractivity contribution in [2.24, 2.45) is 0 Å². The average Bonchev–Trinajstić information content (AvgIpc) is 2.91. The Morgan fingerprint density at radius 1 is 1.28 bits per heavy atom. The maximum atomic E-state index is 11.2. The molecule has 3 nitrogen and oxygen atoms in total. The molecule has 0 aliphatic carbocycles. The van der Waals surface area contributed by atoms with Crippen LogP contribution in [0.25, 0.3) is 10.9 Å². The first-order valence-corrected chi connectivity index (χ1v) is 6.47. The van der Waals surface area contributed by atoms with Crippen molar-refractivity contribution in [2.45, 2.75) is 12.8 Å². The predicted molar refractivity (Wildman–Crippen MR) is 73.6 cm³/mol. The van der Waals surface area contributed by atoms with Crippen LogP contribution in [-0.2, 0) is 0 Å². The molecule has 1 aromatic carbocycles. The maximum Gasteiger partial charge on any atom is 0.153 e. The summed E-state index contributed by atoms with van der Waals surface area (Å²) in [6.45, 7) is 1.92. The minimum Gasteiger partial charge on any atom is -0.356 e. The van der Waals surface area contributed by atoms with E-state index in [4.69, 9.17) is 11.6 Å². The Bertz CT molecular complexity index is 606. The molecule has 0 N–H and O–H groups in total. The first kappa shape index (κ1) is 11.5. The molecule has 1 aliphatic rings. The number of pyridine rings is 1. The first-order chi connectivity index (χ1) is 8.79. The third-order valence-corrected chi connectivity index (χ3v) is 3.64. The van der Waals surface area contributed by atoms with E-state index in [9.17, 15) is 4.79 Å². The fourth-order valence-corrected chi connectivity index (χ4v) is 2.66. The summed E-state index contributed by atoms with van der Waals surface area (Å²) in [7, 11) is 0. The Hall–Kier alpha value is -1.61. The second kappa shape index (κ2) is 4.58. The van der Waals surface area contributed by atoms with Gasteiger partial charge in [-0.05, 0) is 25.0 Å². The third kappa shape index (κ3) is 1.85. The van der Waals surface area contributed by atoms with E-state index in [-0.39, 0.29) is 0 Å². The second-order valence-corrected chi connectivity index (χ2v) is 4.93. The topological polar surface area (TPSA) is 33.2 Å². The van der Waals surface area contributed by atoms with Crippen LogP contribution in [0.3, 0.4) is 0 Å². The van der Waals surface area contributed by atoms with E-state index in [1.54, 1.807) is 0 Å². The molecule has 2 heterocycles. The van der Waals surface area contributed by atoms with Gasteiger partial charge >= 0.3 is 0 Å². The van der Waals surface area contributed by atoms with E-state index in [1.165, 1.54) is 0 Å². The number of fused-ring (bicyclic) bond motifs is 1. The van der Waals surface area contributed by atoms with Crippen LogP contribution < -0.4 is 4.90 Å². The van der Waals surface area contributed by atoms with Crippen molar-refractivity contribution < 1.29 is 4.79 Å². The number of carbonyl (C=O) groups excluding carboxylic acids is 1. The highest BCUT2D eigenvalue weighted by molar-refractivity contribution is 6.35. The minimum atomic E-state index is 0.630. The second-order valence-electron chi connectivity index (χ2n) is 4.52. The SMILES string of the molecule is O=Cc1cc2cccc(Cl)c2nc1N1CCCC1. The number of aromatic nitrogens is 1. The number of benzene rings is 1. The number of nitrogens with zero attached hydrogens (tertiary/aromatic N) is 2. The van der Waals surface area contributed by atoms with Crippen LogP contribution in [0.4, 0.5) is 5.82 Å². The maximum absolute atomic E-state index is 11.2. The molecule has 2 aromatic rings. The van der Waals surface area contributed by atoms with Crippen molar-refractivity contribution in [3.8, 4) is 0 Å². The van der Waals surface area contributed by atoms with Crippen LogP contribution in [0.1, 0.15) is 23.2 Å². The smallest absolute Gasteiger partial charge is 0.153 e. The Balaban J connectivity index is 2.22. The van der Waals surface area contributed by atoms with Gasteiger partial charge in [0.2, 0.25) is 0 Å². The van der Waals surface area contributed by atoms with E-state index in [0.29, 0.717) is 10.6 Å². The van der Waals surface area contributed by atoms with Gasteiger partial charge in [-0.1, -0.05) is 23.7 Å². The lowest BCUT2D eigenvalue weighted by molar-refractivity contribution is 0.112. The summed E-state index contributed by atoms with van der Waals surface area (Å²) in [5.41, 5.74) is 1.42. The van der Waals surface area contributed by atoms with Gasteiger partial charge in [0.15, 0.2) is 6.29 Å². The van der Waals surface area contributed by atoms with Gasteiger partial charge in [-0.3, -0.25) is 4.79 Å². The molecule has 1 aromatic heterocycles. The molecular weight excluding hydrogens is 248 g/mol. The molecule has 18 heavy (non-hydrogen) atoms. The minimum absolute atomic E-state index is 0.630. The van der Waals surface area contributed by atoms with Crippen molar-refractivity contribution in [1.82, 2.24) is 4.98 Å². The zero-order valence-electron chi connectivity index (χ0n) is 9.90. The molecule has 0 bridgehead atoms. The molecular formula is C14H13ClN2O. The van der Waals surface area contributed by atoms with Crippen molar-refractivity contribution in [2.75, 3.05) is 18.0 Å². The summed E-state index contributed by atoms with van der Waals surface area (Å²) in [4.78, 5) is 18.0. The Labute approximate surface area is 110 Å². The Morgan fingerprint density at radius 3 is 2.78 bits per heavy atom. The van der Waals surface area contributed by atoms with Gasteiger partial charge in [-0.25, -0.2) is 4.98 Å². The van der Waals surface area contributed by atoms with Crippen LogP contribution in [0.5, 0.6) is 0 Å². The summed E-state index contributed by atoms with van der Waals surface area (Å²) >= 11 is 6.16. The number of hydrogen-bond donors (Lipinski definition) is 0. The van der Waals surface area contributed by atoms with E-state index < -0.39 is 0 Å². The van der Waals surface area contributed by atoms with Crippen LogP contribution in [-0.4, -0.2) is 24.4 Å². The summed E-state index contributed by atoms with van der Waals surface area (Å²) < 4.78 is 0. The van der Waals surface area contributed by atoms with Gasteiger partial charge in [-0.2, -0.15) is 0 Å². The normalized spacial score (nSPS) is 15.3. The lowest BCUT2D eigenvalue weighted by Crippen LogP contribution is -2.20. The van der Waals surface area contributed by atoms with E-state index in [0.717, 1.165) is 48.9 Å². The molecule has 1 saturated heterocycles. The fourth-order valence-electron chi connectivity index (χ4n) is 2.44. The van der Waals surface area contributed by atoms with Gasteiger partial charge in [0.25, 0.3) is 0 Å². The molecule has 0 radical (unpaired) electrons. The summed E-state index contributed by atoms with van der Waals surface area (Å²) in [5.74, 6) is 0.767. The van der Waals surface area contributed by atoms with Crippen molar-refractivity contribution in [3.05, 3.63) is 34.9 Å². The predicted octanol–water partition coefficient (Wildman–Crippen LogP) is 3.30. The standard InChI is InChI=1S/C14H13ClN2O/c15-12-5-3-4-10-8-11(9-18)14(16-13(10)12)17-6-1-2-7-17/h3-5,8-9H,1-2,6-7H2. The number of anilines is 1. The molecule has 3 rings (SSSR count). The number of halogens is 1. The highest BCUT2D eigenvalue weighted by atomic mass is 35.5. The van der Waals surface area contributed by atoms with Gasteiger partial charge < -0.3 is 4.90 Å². The number of carbonyl (C=O) groups is 1. The molecule has 1 fully saturated rings. The number of rotatable bonds is 2. The molecule has 0 amide bonds. The first-order valence-electron chi connectivity index (χ1n) is 6.09. The van der Waals surface area contributed by atoms with Crippen LogP contribution >= 0.6 is 11.6 Å². The molecule has 4 heteroatoms. The third-order valence-electron chi connectivity index (χ3n) is 3.34. The van der Waals surface area contributed by atoms with Crippen LogP contribution in [0.2, 0.25) is 5.02 Å². The highest BCUT2D eigenvalue weighted by Crippen LogP contribution is 2.28. The lowest BCUT2D eigenvalue weighted by atomic mass is 10.1. The van der Waals surface area contributed by atoms with Crippen molar-refractivity contribution in [3.63, 3.8) is 0 Å². The van der Waals surface area contributed by atoms with Crippen molar-refractivity contribution >= 4 is 34.6 Å². The van der Waals surface area contributed by atoms with Crippen LogP contribution in [0, 0.1) is 0 Å². The largest absolute Gasteiger partial charge is 0.356 e. The molecule has 0 spiro atoms. The Kier molecular flexibility index (Phi) is 2.92. The Morgan fingerprint density at radius 2 is 2.06 bits per heavy atom. The molecule has 92 valence electrons. The lowest BCUT2D eigenvalue weighted by Gasteiger charge is -2.18. The monoisotopic (exact) mass is 260 g/mol. The fraction of sp³-hybridized carbons (Fsp3) is 0.286. The number of aldehydes is 1. The van der Waals surface area contributed by atoms with Gasteiger partial charge in [-0.15, -0.1) is 0 Å². The zero-order chi connectivity index (χ0) is 12.5. The highest BCUT2D eigenvalue weighted by Gasteiger charge is 2.18. The quantitative estimate of drug-likeness (QED) is 0.777. The molecule has 0 unspecified atom stereocenters. The zero-order valence-corrected chi connectivity index (χ0v) is 10.7.